The normalized spacial score (nSPS) is 16.7. The van der Waals surface area contributed by atoms with Gasteiger partial charge in [-0.2, -0.15) is 0 Å². The SMILES string of the molecule is C=C1/C=C\C=C/COc2c1cccc2-c1c(O)cccc1Br. The highest BCUT2D eigenvalue weighted by Gasteiger charge is 2.17. The fourth-order valence-electron chi connectivity index (χ4n) is 2.45. The number of rotatable bonds is 1. The largest absolute Gasteiger partial charge is 0.507 e. The van der Waals surface area contributed by atoms with Gasteiger partial charge in [0.05, 0.1) is 0 Å². The first-order valence-corrected chi connectivity index (χ1v) is 7.74. The molecule has 0 radical (unpaired) electrons. The average molecular weight is 355 g/mol. The van der Waals surface area contributed by atoms with Crippen molar-refractivity contribution in [2.45, 2.75) is 0 Å². The molecule has 1 aliphatic heterocycles. The molecule has 0 atom stereocenters. The van der Waals surface area contributed by atoms with Gasteiger partial charge in [0, 0.05) is 21.2 Å². The predicted molar refractivity (Wildman–Crippen MR) is 94.1 cm³/mol. The molecule has 110 valence electrons. The third-order valence-electron chi connectivity index (χ3n) is 3.49. The van der Waals surface area contributed by atoms with Crippen LogP contribution in [-0.4, -0.2) is 11.7 Å². The molecule has 0 spiro atoms. The Morgan fingerprint density at radius 2 is 1.82 bits per heavy atom. The minimum Gasteiger partial charge on any atom is -0.507 e. The van der Waals surface area contributed by atoms with Crippen molar-refractivity contribution in [3.8, 4) is 22.6 Å². The quantitative estimate of drug-likeness (QED) is 0.748. The van der Waals surface area contributed by atoms with E-state index in [-0.39, 0.29) is 5.75 Å². The molecule has 0 saturated carbocycles. The van der Waals surface area contributed by atoms with Crippen LogP contribution >= 0.6 is 15.9 Å². The van der Waals surface area contributed by atoms with E-state index in [0.717, 1.165) is 32.5 Å². The topological polar surface area (TPSA) is 29.5 Å². The lowest BCUT2D eigenvalue weighted by atomic mass is 9.97. The number of phenols is 1. The van der Waals surface area contributed by atoms with E-state index in [9.17, 15) is 5.11 Å². The fraction of sp³-hybridized carbons (Fsp3) is 0.0526. The Labute approximate surface area is 138 Å². The lowest BCUT2D eigenvalue weighted by Gasteiger charge is -2.17. The van der Waals surface area contributed by atoms with Gasteiger partial charge < -0.3 is 9.84 Å². The van der Waals surface area contributed by atoms with Crippen LogP contribution < -0.4 is 4.74 Å². The van der Waals surface area contributed by atoms with E-state index in [4.69, 9.17) is 4.74 Å². The second-order valence-corrected chi connectivity index (χ2v) is 5.79. The summed E-state index contributed by atoms with van der Waals surface area (Å²) in [5, 5.41) is 10.3. The Bertz CT molecular complexity index is 768. The Morgan fingerprint density at radius 3 is 2.64 bits per heavy atom. The number of hydrogen-bond acceptors (Lipinski definition) is 2. The summed E-state index contributed by atoms with van der Waals surface area (Å²) in [7, 11) is 0. The molecule has 0 aliphatic carbocycles. The van der Waals surface area contributed by atoms with Gasteiger partial charge in [-0.25, -0.2) is 0 Å². The van der Waals surface area contributed by atoms with Crippen LogP contribution in [-0.2, 0) is 0 Å². The second kappa shape index (κ2) is 6.24. The highest BCUT2D eigenvalue weighted by Crippen LogP contribution is 2.43. The molecule has 2 nitrogen and oxygen atoms in total. The first-order valence-electron chi connectivity index (χ1n) is 6.94. The zero-order valence-corrected chi connectivity index (χ0v) is 13.5. The minimum absolute atomic E-state index is 0.211. The summed E-state index contributed by atoms with van der Waals surface area (Å²) in [6.45, 7) is 4.57. The summed E-state index contributed by atoms with van der Waals surface area (Å²) < 4.78 is 6.78. The number of fused-ring (bicyclic) bond motifs is 1. The van der Waals surface area contributed by atoms with E-state index in [1.54, 1.807) is 12.1 Å². The molecule has 0 bridgehead atoms. The van der Waals surface area contributed by atoms with Crippen LogP contribution in [0.3, 0.4) is 0 Å². The lowest BCUT2D eigenvalue weighted by molar-refractivity contribution is 0.363. The van der Waals surface area contributed by atoms with Gasteiger partial charge in [0.2, 0.25) is 0 Å². The van der Waals surface area contributed by atoms with Crippen molar-refractivity contribution in [2.24, 2.45) is 0 Å². The van der Waals surface area contributed by atoms with Gasteiger partial charge in [-0.1, -0.05) is 65.0 Å². The van der Waals surface area contributed by atoms with Crippen molar-refractivity contribution in [3.05, 3.63) is 77.3 Å². The summed E-state index contributed by atoms with van der Waals surface area (Å²) in [6.07, 6.45) is 7.78. The summed E-state index contributed by atoms with van der Waals surface area (Å²) in [5.74, 6) is 0.939. The van der Waals surface area contributed by atoms with E-state index in [2.05, 4.69) is 22.5 Å². The maximum Gasteiger partial charge on any atom is 0.135 e. The van der Waals surface area contributed by atoms with Crippen LogP contribution in [0.5, 0.6) is 11.5 Å². The number of allylic oxidation sites excluding steroid dienone is 4. The van der Waals surface area contributed by atoms with Gasteiger partial charge >= 0.3 is 0 Å². The summed E-state index contributed by atoms with van der Waals surface area (Å²) in [5.41, 5.74) is 3.36. The third kappa shape index (κ3) is 2.72. The molecule has 1 N–H and O–H groups in total. The van der Waals surface area contributed by atoms with Crippen molar-refractivity contribution in [1.29, 1.82) is 0 Å². The van der Waals surface area contributed by atoms with Crippen molar-refractivity contribution in [2.75, 3.05) is 6.61 Å². The number of halogens is 1. The Kier molecular flexibility index (Phi) is 4.16. The summed E-state index contributed by atoms with van der Waals surface area (Å²) in [4.78, 5) is 0. The molecular weight excluding hydrogens is 340 g/mol. The highest BCUT2D eigenvalue weighted by molar-refractivity contribution is 9.10. The number of benzene rings is 2. The number of ether oxygens (including phenoxy) is 1. The fourth-order valence-corrected chi connectivity index (χ4v) is 3.02. The Balaban J connectivity index is 2.25. The molecule has 1 aliphatic rings. The molecule has 0 aromatic heterocycles. The van der Waals surface area contributed by atoms with Gasteiger partial charge in [-0.3, -0.25) is 0 Å². The highest BCUT2D eigenvalue weighted by atomic mass is 79.9. The maximum atomic E-state index is 10.3. The van der Waals surface area contributed by atoms with Gasteiger partial charge in [-0.05, 0) is 23.8 Å². The minimum atomic E-state index is 0.211. The molecule has 1 heterocycles. The van der Waals surface area contributed by atoms with Gasteiger partial charge in [0.25, 0.3) is 0 Å². The van der Waals surface area contributed by atoms with Crippen LogP contribution in [0.15, 0.2) is 71.8 Å². The maximum absolute atomic E-state index is 10.3. The predicted octanol–water partition coefficient (Wildman–Crippen LogP) is 5.34. The first-order chi connectivity index (χ1) is 10.7. The number of hydrogen-bond donors (Lipinski definition) is 1. The monoisotopic (exact) mass is 354 g/mol. The second-order valence-electron chi connectivity index (χ2n) is 4.94. The smallest absolute Gasteiger partial charge is 0.135 e. The average Bonchev–Trinajstić information content (AvgIpc) is 2.59. The van der Waals surface area contributed by atoms with Crippen molar-refractivity contribution in [3.63, 3.8) is 0 Å². The van der Waals surface area contributed by atoms with Gasteiger partial charge in [0.15, 0.2) is 0 Å². The van der Waals surface area contributed by atoms with Crippen LogP contribution in [0.2, 0.25) is 0 Å². The number of para-hydroxylation sites is 1. The molecule has 3 heteroatoms. The van der Waals surface area contributed by atoms with Crippen molar-refractivity contribution in [1.82, 2.24) is 0 Å². The van der Waals surface area contributed by atoms with E-state index >= 15 is 0 Å². The van der Waals surface area contributed by atoms with Crippen LogP contribution in [0.1, 0.15) is 5.56 Å². The van der Waals surface area contributed by atoms with E-state index in [0.29, 0.717) is 6.61 Å². The molecule has 2 aromatic rings. The summed E-state index contributed by atoms with van der Waals surface area (Å²) >= 11 is 3.51. The molecular formula is C19H15BrO2. The first kappa shape index (κ1) is 14.7. The zero-order chi connectivity index (χ0) is 15.5. The van der Waals surface area contributed by atoms with Crippen LogP contribution in [0, 0.1) is 0 Å². The number of aromatic hydroxyl groups is 1. The molecule has 2 aromatic carbocycles. The third-order valence-corrected chi connectivity index (χ3v) is 4.15. The molecule has 0 saturated heterocycles. The molecule has 3 rings (SSSR count). The molecule has 0 unspecified atom stereocenters. The van der Waals surface area contributed by atoms with Gasteiger partial charge in [0.1, 0.15) is 18.1 Å². The molecule has 22 heavy (non-hydrogen) atoms. The Hall–Kier alpha value is -2.26. The van der Waals surface area contributed by atoms with Gasteiger partial charge in [-0.15, -0.1) is 0 Å². The lowest BCUT2D eigenvalue weighted by Crippen LogP contribution is -1.99. The van der Waals surface area contributed by atoms with Crippen LogP contribution in [0.25, 0.3) is 16.7 Å². The van der Waals surface area contributed by atoms with Crippen molar-refractivity contribution >= 4 is 21.5 Å². The summed E-state index contributed by atoms with van der Waals surface area (Å²) in [6, 6.07) is 11.2. The standard InChI is InChI=1S/C19H15BrO2/c1-13-7-3-2-4-12-22-19-14(13)8-5-9-15(19)18-16(20)10-6-11-17(18)21/h2-11,21H,1,12H2/b4-2-,7-3-. The van der Waals surface area contributed by atoms with Crippen LogP contribution in [0.4, 0.5) is 0 Å². The zero-order valence-electron chi connectivity index (χ0n) is 11.9. The molecule has 0 amide bonds. The van der Waals surface area contributed by atoms with E-state index in [1.165, 1.54) is 0 Å². The number of phenolic OH excluding ortho intramolecular Hbond substituents is 1. The van der Waals surface area contributed by atoms with E-state index < -0.39 is 0 Å². The molecule has 0 fully saturated rings. The van der Waals surface area contributed by atoms with E-state index in [1.807, 2.05) is 48.6 Å². The van der Waals surface area contributed by atoms with Crippen molar-refractivity contribution < 1.29 is 9.84 Å². The Morgan fingerprint density at radius 1 is 1.05 bits per heavy atom.